The van der Waals surface area contributed by atoms with Crippen LogP contribution in [0.15, 0.2) is 30.3 Å². The molecule has 0 aromatic heterocycles. The topological polar surface area (TPSA) is 40.9 Å². The fourth-order valence-corrected chi connectivity index (χ4v) is 0.838. The summed E-state index contributed by atoms with van der Waals surface area (Å²) < 4.78 is 0. The number of Topliss-reactive ketones (excluding diaryl/α,β-unsaturated/α-hetero) is 1. The van der Waals surface area contributed by atoms with E-state index in [4.69, 9.17) is 5.26 Å². The van der Waals surface area contributed by atoms with Gasteiger partial charge in [0.2, 0.25) is 0 Å². The highest BCUT2D eigenvalue weighted by molar-refractivity contribution is 5.77. The summed E-state index contributed by atoms with van der Waals surface area (Å²) in [6.07, 6.45) is 0. The molecule has 0 aliphatic rings. The molecule has 0 heterocycles. The van der Waals surface area contributed by atoms with Crippen LogP contribution in [0.4, 0.5) is 0 Å². The summed E-state index contributed by atoms with van der Waals surface area (Å²) in [6, 6.07) is 12.5. The third-order valence-electron chi connectivity index (χ3n) is 2.54. The van der Waals surface area contributed by atoms with Crippen molar-refractivity contribution >= 4 is 5.78 Å². The number of carbonyl (C=O) groups excluding carboxylic acids is 1. The van der Waals surface area contributed by atoms with E-state index in [0.717, 1.165) is 0 Å². The van der Waals surface area contributed by atoms with Gasteiger partial charge in [-0.05, 0) is 32.3 Å². The van der Waals surface area contributed by atoms with E-state index in [9.17, 15) is 4.79 Å². The Labute approximate surface area is 124 Å². The van der Waals surface area contributed by atoms with E-state index < -0.39 is 0 Å². The highest BCUT2D eigenvalue weighted by atomic mass is 16.1. The van der Waals surface area contributed by atoms with Crippen molar-refractivity contribution in [2.24, 2.45) is 11.8 Å². The lowest BCUT2D eigenvalue weighted by molar-refractivity contribution is -0.119. The van der Waals surface area contributed by atoms with E-state index in [1.807, 2.05) is 39.8 Å². The quantitative estimate of drug-likeness (QED) is 0.743. The molecule has 0 saturated heterocycles. The Morgan fingerprint density at radius 2 is 1.35 bits per heavy atom. The Kier molecular flexibility index (Phi) is 12.8. The highest BCUT2D eigenvalue weighted by Crippen LogP contribution is 2.11. The average molecular weight is 275 g/mol. The maximum atomic E-state index is 10.1. The van der Waals surface area contributed by atoms with Crippen molar-refractivity contribution in [1.82, 2.24) is 0 Å². The van der Waals surface area contributed by atoms with E-state index >= 15 is 0 Å². The van der Waals surface area contributed by atoms with Crippen LogP contribution < -0.4 is 0 Å². The van der Waals surface area contributed by atoms with Crippen molar-refractivity contribution in [3.63, 3.8) is 0 Å². The molecule has 0 N–H and O–H groups in total. The third kappa shape index (κ3) is 14.4. The van der Waals surface area contributed by atoms with Crippen LogP contribution in [0.5, 0.6) is 0 Å². The molecule has 0 saturated carbocycles. The number of hydrogen-bond acceptors (Lipinski definition) is 2. The van der Waals surface area contributed by atoms with Gasteiger partial charge in [0.05, 0.1) is 6.07 Å². The summed E-state index contributed by atoms with van der Waals surface area (Å²) in [6.45, 7) is 13.5. The first-order chi connectivity index (χ1) is 9.22. The molecule has 1 aromatic carbocycles. The van der Waals surface area contributed by atoms with Gasteiger partial charge in [0.1, 0.15) is 5.78 Å². The molecule has 2 nitrogen and oxygen atoms in total. The number of hydrogen-bond donors (Lipinski definition) is 0. The maximum absolute atomic E-state index is 10.1. The number of nitriles is 1. The largest absolute Gasteiger partial charge is 0.300 e. The van der Waals surface area contributed by atoms with Gasteiger partial charge in [-0.15, -0.1) is 0 Å². The van der Waals surface area contributed by atoms with Gasteiger partial charge < -0.3 is 0 Å². The fraction of sp³-hybridized carbons (Fsp3) is 0.556. The van der Waals surface area contributed by atoms with Gasteiger partial charge in [0, 0.05) is 11.8 Å². The highest BCUT2D eigenvalue weighted by Gasteiger charge is 1.95. The van der Waals surface area contributed by atoms with Crippen LogP contribution in [-0.2, 0) is 4.79 Å². The first-order valence-corrected chi connectivity index (χ1v) is 7.17. The van der Waals surface area contributed by atoms with Gasteiger partial charge in [-0.1, -0.05) is 58.0 Å². The van der Waals surface area contributed by atoms with Crippen molar-refractivity contribution < 1.29 is 4.79 Å². The molecule has 112 valence electrons. The second-order valence-electron chi connectivity index (χ2n) is 5.61. The number of carbonyl (C=O) groups is 1. The molecule has 20 heavy (non-hydrogen) atoms. The summed E-state index contributed by atoms with van der Waals surface area (Å²) in [5.74, 6) is 1.32. The molecule has 0 bridgehead atoms. The normalized spacial score (nSPS) is 9.25. The lowest BCUT2D eigenvalue weighted by atomic mass is 10.0. The first kappa shape index (κ1) is 20.7. The Balaban J connectivity index is 0. The first-order valence-electron chi connectivity index (χ1n) is 7.17. The summed E-state index contributed by atoms with van der Waals surface area (Å²) in [4.78, 5) is 10.1. The van der Waals surface area contributed by atoms with Crippen molar-refractivity contribution in [3.05, 3.63) is 35.9 Å². The van der Waals surface area contributed by atoms with Gasteiger partial charge >= 0.3 is 0 Å². The van der Waals surface area contributed by atoms with Crippen molar-refractivity contribution in [2.75, 3.05) is 0 Å². The standard InChI is InChI=1S/C9H12.C5H10O.C4H7N/c1-8(2)9-6-4-3-5-7-9;1-4(2)5(3)6;1-4(2)3-5/h3-8H,1-2H3;4H,1-3H3;4H,1-2H3. The minimum atomic E-state index is 0.190. The molecular weight excluding hydrogens is 246 g/mol. The molecule has 0 atom stereocenters. The predicted molar refractivity (Wildman–Crippen MR) is 86.5 cm³/mol. The Morgan fingerprint density at radius 1 is 1.00 bits per heavy atom. The number of ketones is 1. The fourth-order valence-electron chi connectivity index (χ4n) is 0.838. The summed E-state index contributed by atoms with van der Waals surface area (Å²) in [7, 11) is 0. The van der Waals surface area contributed by atoms with E-state index in [0.29, 0.717) is 5.92 Å². The number of nitrogens with zero attached hydrogens (tertiary/aromatic N) is 1. The smallest absolute Gasteiger partial charge is 0.132 e. The van der Waals surface area contributed by atoms with E-state index in [1.54, 1.807) is 6.92 Å². The van der Waals surface area contributed by atoms with Crippen molar-refractivity contribution in [2.45, 2.75) is 54.4 Å². The zero-order chi connectivity index (χ0) is 16.1. The van der Waals surface area contributed by atoms with Crippen molar-refractivity contribution in [1.29, 1.82) is 5.26 Å². The van der Waals surface area contributed by atoms with Crippen LogP contribution >= 0.6 is 0 Å². The van der Waals surface area contributed by atoms with Crippen LogP contribution in [0.3, 0.4) is 0 Å². The van der Waals surface area contributed by atoms with E-state index in [2.05, 4.69) is 38.1 Å². The average Bonchev–Trinajstić information content (AvgIpc) is 2.41. The van der Waals surface area contributed by atoms with Crippen LogP contribution in [0.2, 0.25) is 0 Å². The van der Waals surface area contributed by atoms with E-state index in [-0.39, 0.29) is 17.6 Å². The molecule has 0 spiro atoms. The molecule has 0 aliphatic heterocycles. The van der Waals surface area contributed by atoms with E-state index in [1.165, 1.54) is 5.56 Å². The van der Waals surface area contributed by atoms with Gasteiger partial charge in [-0.25, -0.2) is 0 Å². The van der Waals surface area contributed by atoms with Crippen LogP contribution in [-0.4, -0.2) is 5.78 Å². The molecule has 0 aliphatic carbocycles. The zero-order valence-electron chi connectivity index (χ0n) is 14.0. The molecule has 1 rings (SSSR count). The Hall–Kier alpha value is -1.62. The number of benzene rings is 1. The number of rotatable bonds is 2. The van der Waals surface area contributed by atoms with Crippen molar-refractivity contribution in [3.8, 4) is 6.07 Å². The maximum Gasteiger partial charge on any atom is 0.132 e. The summed E-state index contributed by atoms with van der Waals surface area (Å²) >= 11 is 0. The summed E-state index contributed by atoms with van der Waals surface area (Å²) in [5, 5.41) is 7.89. The Bertz CT molecular complexity index is 386. The predicted octanol–water partition coefficient (Wildman–Crippen LogP) is 5.21. The molecule has 1 aromatic rings. The summed E-state index contributed by atoms with van der Waals surface area (Å²) in [5.41, 5.74) is 1.41. The van der Waals surface area contributed by atoms with Gasteiger partial charge in [-0.3, -0.25) is 4.79 Å². The van der Waals surface area contributed by atoms with Crippen LogP contribution in [0, 0.1) is 23.2 Å². The molecule has 0 unspecified atom stereocenters. The van der Waals surface area contributed by atoms with Gasteiger partial charge in [0.25, 0.3) is 0 Å². The SMILES string of the molecule is CC(=O)C(C)C.CC(C)C#N.CC(C)c1ccccc1. The molecule has 0 fully saturated rings. The second kappa shape index (κ2) is 12.4. The molecule has 0 amide bonds. The third-order valence-corrected chi connectivity index (χ3v) is 2.54. The minimum absolute atomic E-state index is 0.190. The lowest BCUT2D eigenvalue weighted by Gasteiger charge is -2.01. The van der Waals surface area contributed by atoms with Crippen LogP contribution in [0.25, 0.3) is 0 Å². The molecular formula is C18H29NO. The monoisotopic (exact) mass is 275 g/mol. The van der Waals surface area contributed by atoms with Crippen LogP contribution in [0.1, 0.15) is 59.9 Å². The molecule has 0 radical (unpaired) electrons. The van der Waals surface area contributed by atoms with Gasteiger partial charge in [-0.2, -0.15) is 5.26 Å². The lowest BCUT2D eigenvalue weighted by Crippen LogP contribution is -1.98. The second-order valence-corrected chi connectivity index (χ2v) is 5.61. The zero-order valence-corrected chi connectivity index (χ0v) is 14.0. The molecule has 2 heteroatoms. The van der Waals surface area contributed by atoms with Gasteiger partial charge in [0.15, 0.2) is 0 Å². The minimum Gasteiger partial charge on any atom is -0.300 e. The Morgan fingerprint density at radius 3 is 1.50 bits per heavy atom.